The Balaban J connectivity index is 1.47. The van der Waals surface area contributed by atoms with Crippen molar-refractivity contribution in [3.8, 4) is 11.3 Å². The summed E-state index contributed by atoms with van der Waals surface area (Å²) in [5.41, 5.74) is 8.73. The molecule has 0 atom stereocenters. The Hall–Kier alpha value is -3.94. The fourth-order valence-electron chi connectivity index (χ4n) is 5.43. The number of aliphatic hydroxyl groups is 1. The first kappa shape index (κ1) is 24.7. The average molecular weight is 500 g/mol. The highest BCUT2D eigenvalue weighted by atomic mass is 16.5. The lowest BCUT2D eigenvalue weighted by Gasteiger charge is -2.27. The number of esters is 1. The lowest BCUT2D eigenvalue weighted by atomic mass is 9.80. The van der Waals surface area contributed by atoms with E-state index in [2.05, 4.69) is 10.4 Å². The molecule has 0 radical (unpaired) electrons. The number of hydrogen-bond donors (Lipinski definition) is 3. The van der Waals surface area contributed by atoms with Crippen LogP contribution in [0.3, 0.4) is 0 Å². The van der Waals surface area contributed by atoms with Gasteiger partial charge in [-0.25, -0.2) is 9.66 Å². The highest BCUT2D eigenvalue weighted by molar-refractivity contribution is 5.72. The number of nitrogens with one attached hydrogen (secondary N) is 2. The Kier molecular flexibility index (Phi) is 7.08. The molecule has 0 spiro atoms. The molecule has 8 nitrogen and oxygen atoms in total. The van der Waals surface area contributed by atoms with Crippen molar-refractivity contribution in [2.45, 2.75) is 46.0 Å². The van der Waals surface area contributed by atoms with Gasteiger partial charge < -0.3 is 15.3 Å². The molecule has 5 rings (SSSR count). The third-order valence-electron chi connectivity index (χ3n) is 7.38. The van der Waals surface area contributed by atoms with Gasteiger partial charge in [0.25, 0.3) is 0 Å². The number of rotatable bonds is 6. The van der Waals surface area contributed by atoms with Crippen molar-refractivity contribution in [1.82, 2.24) is 14.6 Å². The van der Waals surface area contributed by atoms with E-state index < -0.39 is 0 Å². The zero-order chi connectivity index (χ0) is 25.9. The number of hydrogen-bond acceptors (Lipinski definition) is 7. The summed E-state index contributed by atoms with van der Waals surface area (Å²) in [5.74, 6) is 0.293. The molecule has 2 aliphatic rings. The van der Waals surface area contributed by atoms with Crippen molar-refractivity contribution in [1.29, 1.82) is 5.41 Å². The third kappa shape index (κ3) is 5.01. The van der Waals surface area contributed by atoms with Gasteiger partial charge in [0.1, 0.15) is 5.76 Å². The Morgan fingerprint density at radius 3 is 2.54 bits per heavy atom. The monoisotopic (exact) mass is 499 g/mol. The van der Waals surface area contributed by atoms with E-state index in [-0.39, 0.29) is 23.1 Å². The van der Waals surface area contributed by atoms with E-state index in [0.29, 0.717) is 36.2 Å². The maximum absolute atomic E-state index is 12.1. The first-order valence-corrected chi connectivity index (χ1v) is 13.0. The number of carbonyl (C=O) groups excluding carboxylic acids is 1. The van der Waals surface area contributed by atoms with Crippen molar-refractivity contribution >= 4 is 17.3 Å². The minimum atomic E-state index is -0.0983. The largest absolute Gasteiger partial charge is 0.512 e. The Bertz CT molecular complexity index is 1470. The molecule has 37 heavy (non-hydrogen) atoms. The van der Waals surface area contributed by atoms with Gasteiger partial charge in [0.2, 0.25) is 0 Å². The molecule has 1 fully saturated rings. The van der Waals surface area contributed by atoms with Crippen molar-refractivity contribution in [2.24, 2.45) is 11.8 Å². The highest BCUT2D eigenvalue weighted by Crippen LogP contribution is 2.31. The first-order chi connectivity index (χ1) is 18.0. The number of benzene rings is 1. The third-order valence-corrected chi connectivity index (χ3v) is 7.38. The highest BCUT2D eigenvalue weighted by Gasteiger charge is 2.28. The summed E-state index contributed by atoms with van der Waals surface area (Å²) in [4.78, 5) is 21.8. The molecule has 1 aromatic carbocycles. The second-order valence-electron chi connectivity index (χ2n) is 9.81. The quantitative estimate of drug-likeness (QED) is 0.450. The molecule has 0 saturated heterocycles. The first-order valence-electron chi connectivity index (χ1n) is 13.0. The minimum absolute atomic E-state index is 0.0347. The van der Waals surface area contributed by atoms with Crippen molar-refractivity contribution in [3.05, 3.63) is 76.1 Å². The van der Waals surface area contributed by atoms with Crippen LogP contribution in [-0.4, -0.2) is 38.9 Å². The number of nitrogens with zero attached hydrogens (tertiary/aromatic N) is 3. The molecule has 2 aromatic heterocycles. The number of aromatic nitrogens is 3. The van der Waals surface area contributed by atoms with Gasteiger partial charge in [0.05, 0.1) is 35.7 Å². The molecule has 8 heteroatoms. The average Bonchev–Trinajstić information content (AvgIpc) is 3.34. The molecule has 3 heterocycles. The summed E-state index contributed by atoms with van der Waals surface area (Å²) in [6, 6.07) is 14.1. The topological polar surface area (TPSA) is 113 Å². The second-order valence-corrected chi connectivity index (χ2v) is 9.81. The molecular weight excluding hydrogens is 466 g/mol. The predicted octanol–water partition coefficient (Wildman–Crippen LogP) is 2.78. The summed E-state index contributed by atoms with van der Waals surface area (Å²) in [6.07, 6.45) is 5.90. The molecule has 0 amide bonds. The van der Waals surface area contributed by atoms with Crippen LogP contribution >= 0.6 is 0 Å². The van der Waals surface area contributed by atoms with Crippen LogP contribution in [-0.2, 0) is 16.0 Å². The zero-order valence-corrected chi connectivity index (χ0v) is 21.3. The lowest BCUT2D eigenvalue weighted by Crippen LogP contribution is -2.49. The van der Waals surface area contributed by atoms with E-state index in [1.165, 1.54) is 0 Å². The Morgan fingerprint density at radius 1 is 1.14 bits per heavy atom. The van der Waals surface area contributed by atoms with Gasteiger partial charge in [-0.1, -0.05) is 36.4 Å². The zero-order valence-electron chi connectivity index (χ0n) is 21.3. The molecule has 192 valence electrons. The summed E-state index contributed by atoms with van der Waals surface area (Å²) < 4.78 is 6.86. The van der Waals surface area contributed by atoms with Gasteiger partial charge in [0, 0.05) is 22.9 Å². The molecule has 3 N–H and O–H groups in total. The number of fused-ring (bicyclic) bond motifs is 1. The van der Waals surface area contributed by atoms with E-state index in [0.717, 1.165) is 53.8 Å². The smallest absolute Gasteiger partial charge is 0.308 e. The van der Waals surface area contributed by atoms with Gasteiger partial charge in [-0.05, 0) is 57.9 Å². The van der Waals surface area contributed by atoms with Crippen LogP contribution < -0.4 is 21.6 Å². The summed E-state index contributed by atoms with van der Waals surface area (Å²) >= 11 is 0. The van der Waals surface area contributed by atoms with Crippen LogP contribution in [0, 0.1) is 17.2 Å². The van der Waals surface area contributed by atoms with E-state index >= 15 is 0 Å². The number of aliphatic hydroxyl groups excluding tert-OH is 1. The summed E-state index contributed by atoms with van der Waals surface area (Å²) in [6.45, 7) is 4.37. The molecule has 3 aromatic rings. The predicted molar refractivity (Wildman–Crippen MR) is 141 cm³/mol. The van der Waals surface area contributed by atoms with E-state index in [1.807, 2.05) is 55.6 Å². The standard InChI is InChI=1S/C29H33N5O3/c1-3-37-29(36)21-11-9-19(10-12-21)15-25-26(18(2)35)27(30)34-28(33-25)23(17-32-34)22-13-14-24(31-16-22)20-7-5-4-6-8-20/h4-8,13-14,16,19,21,30,32,35H,3,9-12,15,17H2,1-2H3. The van der Waals surface area contributed by atoms with Gasteiger partial charge in [-0.15, -0.1) is 0 Å². The van der Waals surface area contributed by atoms with Crippen molar-refractivity contribution < 1.29 is 14.6 Å². The van der Waals surface area contributed by atoms with Crippen LogP contribution in [0.2, 0.25) is 0 Å². The lowest BCUT2D eigenvalue weighted by molar-refractivity contribution is -0.149. The maximum atomic E-state index is 12.1. The summed E-state index contributed by atoms with van der Waals surface area (Å²) in [7, 11) is 0. The van der Waals surface area contributed by atoms with E-state index in [4.69, 9.17) is 15.1 Å². The van der Waals surface area contributed by atoms with Crippen LogP contribution in [0.25, 0.3) is 22.6 Å². The molecule has 0 bridgehead atoms. The minimum Gasteiger partial charge on any atom is -0.512 e. The fraction of sp³-hybridized carbons (Fsp3) is 0.379. The normalized spacial score (nSPS) is 19.7. The van der Waals surface area contributed by atoms with Crippen LogP contribution in [0.15, 0.2) is 48.7 Å². The molecule has 0 unspecified atom stereocenters. The summed E-state index contributed by atoms with van der Waals surface area (Å²) in [5, 5.41) is 19.8. The fourth-order valence-corrected chi connectivity index (χ4v) is 5.43. The molecule has 1 aliphatic heterocycles. The Morgan fingerprint density at radius 2 is 1.89 bits per heavy atom. The molecule has 1 saturated carbocycles. The van der Waals surface area contributed by atoms with Crippen LogP contribution in [0.4, 0.5) is 0 Å². The SMILES string of the molecule is CCOC(=O)C1CCC(Cc2nc3n(c(=N)c2=C(C)O)NCC=3c2ccc(-c3ccccc3)nc2)CC1. The maximum Gasteiger partial charge on any atom is 0.308 e. The number of ether oxygens (including phenoxy) is 1. The molecule has 1 aliphatic carbocycles. The van der Waals surface area contributed by atoms with Crippen LogP contribution in [0.1, 0.15) is 50.8 Å². The van der Waals surface area contributed by atoms with Crippen molar-refractivity contribution in [2.75, 3.05) is 18.6 Å². The van der Waals surface area contributed by atoms with Crippen molar-refractivity contribution in [3.63, 3.8) is 0 Å². The number of carbonyl (C=O) groups is 1. The van der Waals surface area contributed by atoms with Gasteiger partial charge in [-0.3, -0.25) is 15.2 Å². The van der Waals surface area contributed by atoms with E-state index in [1.54, 1.807) is 11.6 Å². The van der Waals surface area contributed by atoms with Gasteiger partial charge >= 0.3 is 5.97 Å². The number of pyridine rings is 1. The van der Waals surface area contributed by atoms with Gasteiger partial charge in [0.15, 0.2) is 11.0 Å². The second kappa shape index (κ2) is 10.6. The Labute approximate surface area is 215 Å². The van der Waals surface area contributed by atoms with E-state index in [9.17, 15) is 9.90 Å². The van der Waals surface area contributed by atoms with Crippen LogP contribution in [0.5, 0.6) is 0 Å². The van der Waals surface area contributed by atoms with Gasteiger partial charge in [-0.2, -0.15) is 0 Å². The molecular formula is C29H33N5O3.